The second kappa shape index (κ2) is 6.04. The van der Waals surface area contributed by atoms with Gasteiger partial charge in [0, 0.05) is 30.5 Å². The fourth-order valence-electron chi connectivity index (χ4n) is 2.37. The quantitative estimate of drug-likeness (QED) is 0.783. The van der Waals surface area contributed by atoms with Gasteiger partial charge < -0.3 is 9.64 Å². The molecule has 6 nitrogen and oxygen atoms in total. The second-order valence-electron chi connectivity index (χ2n) is 4.60. The van der Waals surface area contributed by atoms with Crippen LogP contribution in [0.15, 0.2) is 30.0 Å². The molecule has 3 rings (SSSR count). The molecule has 2 aromatic heterocycles. The van der Waals surface area contributed by atoms with Crippen LogP contribution in [0.4, 0.5) is 5.13 Å². The number of rotatable bonds is 5. The van der Waals surface area contributed by atoms with Crippen LogP contribution < -0.4 is 4.90 Å². The molecule has 106 valence electrons. The molecule has 1 saturated heterocycles. The van der Waals surface area contributed by atoms with Crippen LogP contribution in [-0.4, -0.2) is 39.9 Å². The summed E-state index contributed by atoms with van der Waals surface area (Å²) in [5, 5.41) is 6.90. The molecule has 2 aromatic rings. The fourth-order valence-corrected chi connectivity index (χ4v) is 3.09. The van der Waals surface area contributed by atoms with Crippen LogP contribution in [0.25, 0.3) is 0 Å². The topological polar surface area (TPSA) is 60.3 Å². The normalized spacial score (nSPS) is 18.4. The molecule has 0 radical (unpaired) electrons. The maximum Gasteiger partial charge on any atom is 0.328 e. The summed E-state index contributed by atoms with van der Waals surface area (Å²) in [5.74, 6) is -0.162. The highest BCUT2D eigenvalue weighted by atomic mass is 32.1. The number of hydrogen-bond acceptors (Lipinski definition) is 6. The first-order chi connectivity index (χ1) is 9.84. The van der Waals surface area contributed by atoms with Crippen LogP contribution in [0.1, 0.15) is 12.8 Å². The van der Waals surface area contributed by atoms with Gasteiger partial charge in [0.15, 0.2) is 5.13 Å². The van der Waals surface area contributed by atoms with Crippen LogP contribution >= 0.6 is 11.3 Å². The Labute approximate surface area is 121 Å². The summed E-state index contributed by atoms with van der Waals surface area (Å²) in [5.41, 5.74) is 0. The minimum absolute atomic E-state index is 0.162. The second-order valence-corrected chi connectivity index (χ2v) is 5.48. The van der Waals surface area contributed by atoms with E-state index in [0.717, 1.165) is 24.5 Å². The zero-order valence-corrected chi connectivity index (χ0v) is 11.8. The highest BCUT2D eigenvalue weighted by Crippen LogP contribution is 2.27. The molecular weight excluding hydrogens is 276 g/mol. The molecule has 1 fully saturated rings. The summed E-state index contributed by atoms with van der Waals surface area (Å²) in [6, 6.07) is 1.65. The van der Waals surface area contributed by atoms with Crippen molar-refractivity contribution in [1.82, 2.24) is 14.8 Å². The lowest BCUT2D eigenvalue weighted by atomic mass is 10.2. The molecule has 0 aliphatic carbocycles. The predicted octanol–water partition coefficient (Wildman–Crippen LogP) is 1.55. The van der Waals surface area contributed by atoms with Gasteiger partial charge >= 0.3 is 5.97 Å². The molecule has 7 heteroatoms. The van der Waals surface area contributed by atoms with E-state index in [0.29, 0.717) is 13.2 Å². The van der Waals surface area contributed by atoms with Crippen molar-refractivity contribution < 1.29 is 9.53 Å². The maximum absolute atomic E-state index is 12.2. The molecular formula is C13H16N4O2S. The van der Waals surface area contributed by atoms with Gasteiger partial charge in [-0.3, -0.25) is 4.68 Å². The molecule has 1 atom stereocenters. The first-order valence-corrected chi connectivity index (χ1v) is 7.53. The van der Waals surface area contributed by atoms with Crippen LogP contribution in [-0.2, 0) is 16.1 Å². The minimum Gasteiger partial charge on any atom is -0.462 e. The van der Waals surface area contributed by atoms with Crippen molar-refractivity contribution >= 4 is 22.4 Å². The molecule has 0 N–H and O–H groups in total. The van der Waals surface area contributed by atoms with Crippen molar-refractivity contribution in [2.75, 3.05) is 18.1 Å². The van der Waals surface area contributed by atoms with Gasteiger partial charge in [0.2, 0.25) is 0 Å². The Hall–Kier alpha value is -1.89. The third kappa shape index (κ3) is 2.82. The largest absolute Gasteiger partial charge is 0.462 e. The first-order valence-electron chi connectivity index (χ1n) is 6.65. The van der Waals surface area contributed by atoms with E-state index in [9.17, 15) is 4.79 Å². The molecule has 0 bridgehead atoms. The van der Waals surface area contributed by atoms with Gasteiger partial charge in [-0.15, -0.1) is 11.3 Å². The Morgan fingerprint density at radius 1 is 1.50 bits per heavy atom. The number of carbonyl (C=O) groups is 1. The van der Waals surface area contributed by atoms with Gasteiger partial charge in [-0.25, -0.2) is 9.78 Å². The van der Waals surface area contributed by atoms with Crippen LogP contribution in [0, 0.1) is 0 Å². The Balaban J connectivity index is 1.53. The fraction of sp³-hybridized carbons (Fsp3) is 0.462. The Morgan fingerprint density at radius 2 is 2.45 bits per heavy atom. The van der Waals surface area contributed by atoms with Crippen molar-refractivity contribution in [2.45, 2.75) is 25.4 Å². The van der Waals surface area contributed by atoms with E-state index < -0.39 is 0 Å². The lowest BCUT2D eigenvalue weighted by molar-refractivity contribution is -0.145. The minimum atomic E-state index is -0.196. The number of carbonyl (C=O) groups excluding carboxylic acids is 1. The van der Waals surface area contributed by atoms with Crippen molar-refractivity contribution in [3.05, 3.63) is 30.0 Å². The SMILES string of the molecule is O=C(OCCn1cccn1)[C@H]1CCCN1c1nccs1. The number of esters is 1. The van der Waals surface area contributed by atoms with E-state index in [1.807, 2.05) is 22.5 Å². The van der Waals surface area contributed by atoms with Gasteiger partial charge in [-0.05, 0) is 18.9 Å². The standard InChI is InChI=1S/C13H16N4O2S/c18-12(19-9-8-16-6-2-4-15-16)11-3-1-7-17(11)13-14-5-10-20-13/h2,4-6,10-11H,1,3,7-9H2/t11-/m1/s1. The van der Waals surface area contributed by atoms with Crippen LogP contribution in [0.3, 0.4) is 0 Å². The highest BCUT2D eigenvalue weighted by Gasteiger charge is 2.33. The van der Waals surface area contributed by atoms with Gasteiger partial charge in [0.05, 0.1) is 6.54 Å². The number of ether oxygens (including phenoxy) is 1. The van der Waals surface area contributed by atoms with E-state index in [4.69, 9.17) is 4.74 Å². The van der Waals surface area contributed by atoms with Crippen molar-refractivity contribution in [2.24, 2.45) is 0 Å². The summed E-state index contributed by atoms with van der Waals surface area (Å²) in [7, 11) is 0. The smallest absolute Gasteiger partial charge is 0.328 e. The molecule has 0 saturated carbocycles. The van der Waals surface area contributed by atoms with Gasteiger partial charge in [-0.1, -0.05) is 0 Å². The lowest BCUT2D eigenvalue weighted by Crippen LogP contribution is -2.37. The molecule has 1 aliphatic rings. The zero-order valence-electron chi connectivity index (χ0n) is 11.0. The number of anilines is 1. The molecule has 3 heterocycles. The molecule has 1 aliphatic heterocycles. The summed E-state index contributed by atoms with van der Waals surface area (Å²) in [6.07, 6.45) is 7.16. The lowest BCUT2D eigenvalue weighted by Gasteiger charge is -2.22. The Morgan fingerprint density at radius 3 is 3.20 bits per heavy atom. The first kappa shape index (κ1) is 13.1. The molecule has 0 amide bonds. The Kier molecular flexibility index (Phi) is 3.96. The van der Waals surface area contributed by atoms with Gasteiger partial charge in [0.25, 0.3) is 0 Å². The number of thiazole rings is 1. The van der Waals surface area contributed by atoms with E-state index >= 15 is 0 Å². The van der Waals surface area contributed by atoms with Crippen LogP contribution in [0.5, 0.6) is 0 Å². The van der Waals surface area contributed by atoms with E-state index in [-0.39, 0.29) is 12.0 Å². The van der Waals surface area contributed by atoms with Crippen LogP contribution in [0.2, 0.25) is 0 Å². The number of nitrogens with zero attached hydrogens (tertiary/aromatic N) is 4. The average Bonchev–Trinajstić information content (AvgIpc) is 3.19. The van der Waals surface area contributed by atoms with E-state index in [1.165, 1.54) is 0 Å². The molecule has 0 unspecified atom stereocenters. The molecule has 0 aromatic carbocycles. The summed E-state index contributed by atoms with van der Waals surface area (Å²) < 4.78 is 7.11. The summed E-state index contributed by atoms with van der Waals surface area (Å²) >= 11 is 1.56. The highest BCUT2D eigenvalue weighted by molar-refractivity contribution is 7.13. The van der Waals surface area contributed by atoms with Crippen molar-refractivity contribution in [1.29, 1.82) is 0 Å². The summed E-state index contributed by atoms with van der Waals surface area (Å²) in [4.78, 5) is 18.5. The maximum atomic E-state index is 12.2. The zero-order chi connectivity index (χ0) is 13.8. The monoisotopic (exact) mass is 292 g/mol. The van der Waals surface area contributed by atoms with Gasteiger partial charge in [0.1, 0.15) is 12.6 Å². The van der Waals surface area contributed by atoms with Crippen molar-refractivity contribution in [3.63, 3.8) is 0 Å². The third-order valence-corrected chi connectivity index (χ3v) is 4.12. The number of aromatic nitrogens is 3. The van der Waals surface area contributed by atoms with E-state index in [1.54, 1.807) is 28.4 Å². The third-order valence-electron chi connectivity index (χ3n) is 3.31. The average molecular weight is 292 g/mol. The number of hydrogen-bond donors (Lipinski definition) is 0. The molecule has 20 heavy (non-hydrogen) atoms. The van der Waals surface area contributed by atoms with Crippen molar-refractivity contribution in [3.8, 4) is 0 Å². The predicted molar refractivity (Wildman–Crippen MR) is 75.7 cm³/mol. The van der Waals surface area contributed by atoms with E-state index in [2.05, 4.69) is 10.1 Å². The molecule has 0 spiro atoms. The summed E-state index contributed by atoms with van der Waals surface area (Å²) in [6.45, 7) is 1.80. The van der Waals surface area contributed by atoms with Gasteiger partial charge in [-0.2, -0.15) is 5.10 Å². The Bertz CT molecular complexity index is 541.